The van der Waals surface area contributed by atoms with Crippen LogP contribution in [-0.2, 0) is 4.79 Å². The van der Waals surface area contributed by atoms with Crippen LogP contribution in [0, 0.1) is 13.8 Å². The topological polar surface area (TPSA) is 71.2 Å². The Labute approximate surface area is 119 Å². The first-order chi connectivity index (χ1) is 8.82. The zero-order valence-electron chi connectivity index (χ0n) is 11.8. The fraction of sp³-hybridized carbons (Fsp3) is 0.462. The van der Waals surface area contributed by atoms with E-state index in [-0.39, 0.29) is 5.91 Å². The van der Waals surface area contributed by atoms with E-state index in [1.165, 1.54) is 0 Å². The average molecular weight is 280 g/mol. The molecule has 0 bridgehead atoms. The Balaban J connectivity index is 2.83. The third kappa shape index (κ3) is 4.17. The molecule has 0 unspecified atom stereocenters. The molecule has 0 fully saturated rings. The number of thiocarbonyl (C=S) groups is 1. The van der Waals surface area contributed by atoms with Crippen LogP contribution in [0.5, 0.6) is 0 Å². The van der Waals surface area contributed by atoms with E-state index in [9.17, 15) is 4.79 Å². The molecule has 19 heavy (non-hydrogen) atoms. The number of nitrogens with two attached hydrogens (primary N) is 1. The van der Waals surface area contributed by atoms with E-state index in [0.29, 0.717) is 18.0 Å². The minimum Gasteiger partial charge on any atom is -0.389 e. The van der Waals surface area contributed by atoms with Gasteiger partial charge in [-0.1, -0.05) is 12.2 Å². The number of anilines is 1. The number of amides is 1. The normalized spacial score (nSPS) is 10.1. The Kier molecular flexibility index (Phi) is 5.23. The second-order valence-corrected chi connectivity index (χ2v) is 5.04. The Morgan fingerprint density at radius 3 is 2.63 bits per heavy atom. The molecule has 1 heterocycles. The minimum atomic E-state index is 0.0758. The fourth-order valence-electron chi connectivity index (χ4n) is 1.81. The zero-order chi connectivity index (χ0) is 14.6. The maximum atomic E-state index is 11.5. The highest BCUT2D eigenvalue weighted by Crippen LogP contribution is 2.19. The lowest BCUT2D eigenvalue weighted by atomic mass is 10.1. The Hall–Kier alpha value is -1.69. The number of aromatic nitrogens is 1. The average Bonchev–Trinajstić information content (AvgIpc) is 2.26. The van der Waals surface area contributed by atoms with E-state index in [2.05, 4.69) is 10.3 Å². The second kappa shape index (κ2) is 6.47. The summed E-state index contributed by atoms with van der Waals surface area (Å²) in [6.07, 6.45) is 0.421. The van der Waals surface area contributed by atoms with Crippen molar-refractivity contribution in [2.45, 2.75) is 20.3 Å². The van der Waals surface area contributed by atoms with Gasteiger partial charge in [-0.05, 0) is 19.9 Å². The summed E-state index contributed by atoms with van der Waals surface area (Å²) in [7, 11) is 3.48. The lowest BCUT2D eigenvalue weighted by Crippen LogP contribution is -2.24. The molecule has 1 amide bonds. The number of nitrogens with zero attached hydrogens (tertiary/aromatic N) is 2. The van der Waals surface area contributed by atoms with Gasteiger partial charge in [-0.25, -0.2) is 0 Å². The molecule has 0 radical (unpaired) electrons. The molecule has 0 aliphatic rings. The van der Waals surface area contributed by atoms with Gasteiger partial charge in [-0.15, -0.1) is 0 Å². The second-order valence-electron chi connectivity index (χ2n) is 4.60. The summed E-state index contributed by atoms with van der Waals surface area (Å²) in [6, 6.07) is 1.89. The highest BCUT2D eigenvalue weighted by atomic mass is 32.1. The molecule has 0 atom stereocenters. The van der Waals surface area contributed by atoms with Crippen molar-refractivity contribution < 1.29 is 4.79 Å². The van der Waals surface area contributed by atoms with Crippen LogP contribution >= 0.6 is 12.2 Å². The van der Waals surface area contributed by atoms with Crippen molar-refractivity contribution in [1.29, 1.82) is 0 Å². The van der Waals surface area contributed by atoms with Crippen molar-refractivity contribution in [1.82, 2.24) is 9.88 Å². The van der Waals surface area contributed by atoms with Crippen LogP contribution in [0.2, 0.25) is 0 Å². The van der Waals surface area contributed by atoms with Crippen LogP contribution in [0.15, 0.2) is 6.07 Å². The largest absolute Gasteiger partial charge is 0.389 e. The van der Waals surface area contributed by atoms with Crippen molar-refractivity contribution in [3.05, 3.63) is 23.0 Å². The Morgan fingerprint density at radius 2 is 2.11 bits per heavy atom. The fourth-order valence-corrected chi connectivity index (χ4v) is 2.06. The summed E-state index contributed by atoms with van der Waals surface area (Å²) in [4.78, 5) is 17.7. The Morgan fingerprint density at radius 1 is 1.47 bits per heavy atom. The molecule has 0 aliphatic heterocycles. The molecule has 6 heteroatoms. The van der Waals surface area contributed by atoms with Crippen LogP contribution < -0.4 is 11.1 Å². The summed E-state index contributed by atoms with van der Waals surface area (Å²) in [6.45, 7) is 4.32. The molecule has 0 aliphatic carbocycles. The van der Waals surface area contributed by atoms with Crippen LogP contribution in [0.1, 0.15) is 23.4 Å². The van der Waals surface area contributed by atoms with E-state index in [0.717, 1.165) is 22.6 Å². The van der Waals surface area contributed by atoms with E-state index in [1.54, 1.807) is 19.0 Å². The first-order valence-corrected chi connectivity index (χ1v) is 6.45. The SMILES string of the molecule is Cc1cc(NCCC(=O)N(C)C)c(C(N)=S)c(C)n1. The quantitative estimate of drug-likeness (QED) is 0.794. The third-order valence-electron chi connectivity index (χ3n) is 2.73. The number of pyridine rings is 1. The summed E-state index contributed by atoms with van der Waals surface area (Å²) in [5.41, 5.74) is 8.99. The molecule has 0 spiro atoms. The first-order valence-electron chi connectivity index (χ1n) is 6.05. The molecule has 1 aromatic rings. The molecule has 0 saturated heterocycles. The number of rotatable bonds is 5. The number of aryl methyl sites for hydroxylation is 2. The molecule has 0 saturated carbocycles. The van der Waals surface area contributed by atoms with E-state index in [4.69, 9.17) is 18.0 Å². The number of nitrogens with one attached hydrogen (secondary N) is 1. The summed E-state index contributed by atoms with van der Waals surface area (Å²) in [5.74, 6) is 0.0758. The lowest BCUT2D eigenvalue weighted by molar-refractivity contribution is -0.128. The van der Waals surface area contributed by atoms with E-state index >= 15 is 0 Å². The predicted molar refractivity (Wildman–Crippen MR) is 81.4 cm³/mol. The van der Waals surface area contributed by atoms with Crippen LogP contribution in [-0.4, -0.2) is 41.4 Å². The first kappa shape index (κ1) is 15.4. The molecule has 1 rings (SSSR count). The van der Waals surface area contributed by atoms with Crippen LogP contribution in [0.3, 0.4) is 0 Å². The van der Waals surface area contributed by atoms with Gasteiger partial charge in [0.25, 0.3) is 0 Å². The van der Waals surface area contributed by atoms with Crippen molar-refractivity contribution in [3.8, 4) is 0 Å². The molecular weight excluding hydrogens is 260 g/mol. The highest BCUT2D eigenvalue weighted by molar-refractivity contribution is 7.80. The van der Waals surface area contributed by atoms with Gasteiger partial charge in [0.15, 0.2) is 0 Å². The number of hydrogen-bond donors (Lipinski definition) is 2. The summed E-state index contributed by atoms with van der Waals surface area (Å²) in [5, 5.41) is 3.21. The molecule has 104 valence electrons. The van der Waals surface area contributed by atoms with Crippen molar-refractivity contribution in [3.63, 3.8) is 0 Å². The lowest BCUT2D eigenvalue weighted by Gasteiger charge is -2.15. The van der Waals surface area contributed by atoms with Crippen LogP contribution in [0.25, 0.3) is 0 Å². The van der Waals surface area contributed by atoms with Gasteiger partial charge in [0.2, 0.25) is 5.91 Å². The van der Waals surface area contributed by atoms with Crippen molar-refractivity contribution in [2.24, 2.45) is 5.73 Å². The third-order valence-corrected chi connectivity index (χ3v) is 2.93. The van der Waals surface area contributed by atoms with E-state index < -0.39 is 0 Å². The van der Waals surface area contributed by atoms with Gasteiger partial charge in [0.1, 0.15) is 4.99 Å². The minimum absolute atomic E-state index is 0.0758. The van der Waals surface area contributed by atoms with Gasteiger partial charge >= 0.3 is 0 Å². The maximum absolute atomic E-state index is 11.5. The van der Waals surface area contributed by atoms with Gasteiger partial charge in [0, 0.05) is 44.1 Å². The number of carbonyl (C=O) groups is 1. The van der Waals surface area contributed by atoms with Gasteiger partial charge in [-0.2, -0.15) is 0 Å². The summed E-state index contributed by atoms with van der Waals surface area (Å²) < 4.78 is 0. The molecular formula is C13H20N4OS. The maximum Gasteiger partial charge on any atom is 0.223 e. The van der Waals surface area contributed by atoms with Gasteiger partial charge in [0.05, 0.1) is 5.56 Å². The van der Waals surface area contributed by atoms with Crippen molar-refractivity contribution >= 4 is 28.8 Å². The summed E-state index contributed by atoms with van der Waals surface area (Å²) >= 11 is 5.05. The number of carbonyl (C=O) groups excluding carboxylic acids is 1. The monoisotopic (exact) mass is 280 g/mol. The molecule has 3 N–H and O–H groups in total. The predicted octanol–water partition coefficient (Wildman–Crippen LogP) is 1.22. The number of hydrogen-bond acceptors (Lipinski definition) is 4. The van der Waals surface area contributed by atoms with Gasteiger partial charge in [-0.3, -0.25) is 9.78 Å². The van der Waals surface area contributed by atoms with Crippen LogP contribution in [0.4, 0.5) is 5.69 Å². The smallest absolute Gasteiger partial charge is 0.223 e. The van der Waals surface area contributed by atoms with Crippen molar-refractivity contribution in [2.75, 3.05) is 26.0 Å². The molecule has 1 aromatic heterocycles. The zero-order valence-corrected chi connectivity index (χ0v) is 12.6. The molecule has 5 nitrogen and oxygen atoms in total. The van der Waals surface area contributed by atoms with Gasteiger partial charge < -0.3 is 16.0 Å². The Bertz CT molecular complexity index is 500. The standard InChI is InChI=1S/C13H20N4OS/c1-8-7-10(12(13(14)19)9(2)16-8)15-6-5-11(18)17(3)4/h7H,5-6H2,1-4H3,(H2,14,19)(H,15,16). The van der Waals surface area contributed by atoms with E-state index in [1.807, 2.05) is 19.9 Å². The molecule has 0 aromatic carbocycles. The highest BCUT2D eigenvalue weighted by Gasteiger charge is 2.11.